The zero-order valence-corrected chi connectivity index (χ0v) is 9.00. The first kappa shape index (κ1) is 9.62. The summed E-state index contributed by atoms with van der Waals surface area (Å²) in [7, 11) is 0. The van der Waals surface area contributed by atoms with E-state index in [-0.39, 0.29) is 5.38 Å². The summed E-state index contributed by atoms with van der Waals surface area (Å²) in [6, 6.07) is 5.89. The van der Waals surface area contributed by atoms with Crippen molar-refractivity contribution in [3.05, 3.63) is 46.7 Å². The van der Waals surface area contributed by atoms with Crippen molar-refractivity contribution in [2.24, 2.45) is 0 Å². The van der Waals surface area contributed by atoms with Gasteiger partial charge in [0.05, 0.1) is 5.38 Å². The normalized spacial score (nSPS) is 12.6. The zero-order chi connectivity index (χ0) is 9.80. The van der Waals surface area contributed by atoms with Crippen LogP contribution in [0.25, 0.3) is 0 Å². The predicted molar refractivity (Wildman–Crippen MR) is 58.6 cm³/mol. The Morgan fingerprint density at radius 2 is 2.07 bits per heavy atom. The quantitative estimate of drug-likeness (QED) is 0.749. The maximum atomic E-state index is 6.18. The van der Waals surface area contributed by atoms with E-state index in [0.717, 1.165) is 6.42 Å². The lowest BCUT2D eigenvalue weighted by atomic mass is 10.2. The fourth-order valence-electron chi connectivity index (χ4n) is 1.17. The van der Waals surface area contributed by atoms with Gasteiger partial charge in [-0.3, -0.25) is 0 Å². The highest BCUT2D eigenvalue weighted by molar-refractivity contribution is 7.09. The summed E-state index contributed by atoms with van der Waals surface area (Å²) in [5.41, 5.74) is 0. The van der Waals surface area contributed by atoms with Gasteiger partial charge in [0, 0.05) is 23.7 Å². The van der Waals surface area contributed by atoms with E-state index in [1.54, 1.807) is 29.8 Å². The molecule has 0 aliphatic heterocycles. The second kappa shape index (κ2) is 4.53. The van der Waals surface area contributed by atoms with Crippen LogP contribution in [0.5, 0.6) is 0 Å². The molecule has 14 heavy (non-hydrogen) atoms. The Balaban J connectivity index is 2.07. The van der Waals surface area contributed by atoms with Gasteiger partial charge in [-0.05, 0) is 17.5 Å². The van der Waals surface area contributed by atoms with E-state index in [1.165, 1.54) is 4.88 Å². The van der Waals surface area contributed by atoms with Gasteiger partial charge in [0.2, 0.25) is 0 Å². The Bertz CT molecular complexity index is 374. The molecule has 0 N–H and O–H groups in total. The van der Waals surface area contributed by atoms with Crippen LogP contribution < -0.4 is 0 Å². The van der Waals surface area contributed by atoms with Gasteiger partial charge in [-0.25, -0.2) is 9.97 Å². The molecular formula is C10H9ClN2S. The Morgan fingerprint density at radius 3 is 2.71 bits per heavy atom. The van der Waals surface area contributed by atoms with E-state index in [4.69, 9.17) is 11.6 Å². The Kier molecular flexibility index (Phi) is 3.11. The number of nitrogens with zero attached hydrogens (tertiary/aromatic N) is 2. The molecule has 2 aromatic rings. The van der Waals surface area contributed by atoms with E-state index < -0.39 is 0 Å². The van der Waals surface area contributed by atoms with Crippen LogP contribution in [0.2, 0.25) is 0 Å². The smallest absolute Gasteiger partial charge is 0.146 e. The number of aromatic nitrogens is 2. The molecule has 2 heterocycles. The lowest BCUT2D eigenvalue weighted by Crippen LogP contribution is -1.99. The summed E-state index contributed by atoms with van der Waals surface area (Å²) in [5, 5.41) is 1.92. The van der Waals surface area contributed by atoms with Crippen molar-refractivity contribution >= 4 is 22.9 Å². The number of halogens is 1. The van der Waals surface area contributed by atoms with Crippen LogP contribution in [-0.4, -0.2) is 9.97 Å². The minimum atomic E-state index is -0.130. The van der Waals surface area contributed by atoms with Gasteiger partial charge in [-0.1, -0.05) is 6.07 Å². The van der Waals surface area contributed by atoms with Crippen LogP contribution in [0.1, 0.15) is 16.1 Å². The van der Waals surface area contributed by atoms with Gasteiger partial charge in [-0.2, -0.15) is 0 Å². The third kappa shape index (κ3) is 2.30. The average molecular weight is 225 g/mol. The summed E-state index contributed by atoms with van der Waals surface area (Å²) in [5.74, 6) is 0.697. The Labute approximate surface area is 91.6 Å². The lowest BCUT2D eigenvalue weighted by molar-refractivity contribution is 0.835. The van der Waals surface area contributed by atoms with Gasteiger partial charge in [0.25, 0.3) is 0 Å². The fraction of sp³-hybridized carbons (Fsp3) is 0.200. The van der Waals surface area contributed by atoms with Gasteiger partial charge < -0.3 is 0 Å². The summed E-state index contributed by atoms with van der Waals surface area (Å²) < 4.78 is 0. The van der Waals surface area contributed by atoms with Crippen molar-refractivity contribution < 1.29 is 0 Å². The number of alkyl halides is 1. The van der Waals surface area contributed by atoms with Crippen LogP contribution in [-0.2, 0) is 6.42 Å². The van der Waals surface area contributed by atoms with Crippen molar-refractivity contribution in [2.75, 3.05) is 0 Å². The standard InChI is InChI=1S/C10H9ClN2S/c11-9(7-8-3-1-6-14-8)10-12-4-2-5-13-10/h1-6,9H,7H2. The molecule has 0 aromatic carbocycles. The second-order valence-electron chi connectivity index (χ2n) is 2.86. The topological polar surface area (TPSA) is 25.8 Å². The number of thiophene rings is 1. The SMILES string of the molecule is ClC(Cc1cccs1)c1ncccn1. The molecule has 4 heteroatoms. The summed E-state index contributed by atoms with van der Waals surface area (Å²) in [4.78, 5) is 9.50. The molecule has 1 unspecified atom stereocenters. The largest absolute Gasteiger partial charge is 0.240 e. The van der Waals surface area contributed by atoms with Crippen molar-refractivity contribution in [2.45, 2.75) is 11.8 Å². The third-order valence-electron chi connectivity index (χ3n) is 1.83. The fourth-order valence-corrected chi connectivity index (χ4v) is 2.29. The molecule has 0 bridgehead atoms. The van der Waals surface area contributed by atoms with Crippen molar-refractivity contribution in [3.63, 3.8) is 0 Å². The van der Waals surface area contributed by atoms with E-state index in [1.807, 2.05) is 11.4 Å². The number of hydrogen-bond donors (Lipinski definition) is 0. The highest BCUT2D eigenvalue weighted by Gasteiger charge is 2.11. The molecule has 2 aromatic heterocycles. The molecular weight excluding hydrogens is 216 g/mol. The molecule has 0 spiro atoms. The van der Waals surface area contributed by atoms with Crippen LogP contribution in [0.3, 0.4) is 0 Å². The summed E-state index contributed by atoms with van der Waals surface area (Å²) >= 11 is 7.89. The first-order chi connectivity index (χ1) is 6.86. The van der Waals surface area contributed by atoms with E-state index in [0.29, 0.717) is 5.82 Å². The second-order valence-corrected chi connectivity index (χ2v) is 4.42. The van der Waals surface area contributed by atoms with Crippen molar-refractivity contribution in [3.8, 4) is 0 Å². The highest BCUT2D eigenvalue weighted by atomic mass is 35.5. The molecule has 0 aliphatic rings. The van der Waals surface area contributed by atoms with Gasteiger partial charge in [0.1, 0.15) is 5.82 Å². The first-order valence-electron chi connectivity index (χ1n) is 4.29. The highest BCUT2D eigenvalue weighted by Crippen LogP contribution is 2.23. The van der Waals surface area contributed by atoms with Crippen LogP contribution >= 0.6 is 22.9 Å². The lowest BCUT2D eigenvalue weighted by Gasteiger charge is -2.05. The van der Waals surface area contributed by atoms with Crippen LogP contribution in [0.4, 0.5) is 0 Å². The van der Waals surface area contributed by atoms with E-state index >= 15 is 0 Å². The third-order valence-corrected chi connectivity index (χ3v) is 3.07. The Morgan fingerprint density at radius 1 is 1.29 bits per heavy atom. The Hall–Kier alpha value is -0.930. The van der Waals surface area contributed by atoms with Crippen molar-refractivity contribution in [1.29, 1.82) is 0 Å². The molecule has 0 amide bonds. The minimum absolute atomic E-state index is 0.130. The maximum Gasteiger partial charge on any atom is 0.146 e. The number of rotatable bonds is 3. The maximum absolute atomic E-state index is 6.18. The predicted octanol–water partition coefficient (Wildman–Crippen LogP) is 3.06. The van der Waals surface area contributed by atoms with Gasteiger partial charge >= 0.3 is 0 Å². The molecule has 2 nitrogen and oxygen atoms in total. The molecule has 0 saturated carbocycles. The van der Waals surface area contributed by atoms with E-state index in [2.05, 4.69) is 16.0 Å². The number of hydrogen-bond acceptors (Lipinski definition) is 3. The molecule has 0 fully saturated rings. The van der Waals surface area contributed by atoms with Crippen molar-refractivity contribution in [1.82, 2.24) is 9.97 Å². The molecule has 72 valence electrons. The van der Waals surface area contributed by atoms with E-state index in [9.17, 15) is 0 Å². The molecule has 0 aliphatic carbocycles. The van der Waals surface area contributed by atoms with Gasteiger partial charge in [0.15, 0.2) is 0 Å². The van der Waals surface area contributed by atoms with Crippen LogP contribution in [0.15, 0.2) is 36.0 Å². The zero-order valence-electron chi connectivity index (χ0n) is 7.43. The average Bonchev–Trinajstić information content (AvgIpc) is 2.72. The minimum Gasteiger partial charge on any atom is -0.240 e. The first-order valence-corrected chi connectivity index (χ1v) is 5.61. The molecule has 0 radical (unpaired) electrons. The molecule has 1 atom stereocenters. The van der Waals surface area contributed by atoms with Crippen LogP contribution in [0, 0.1) is 0 Å². The van der Waals surface area contributed by atoms with Gasteiger partial charge in [-0.15, -0.1) is 22.9 Å². The monoisotopic (exact) mass is 224 g/mol. The molecule has 2 rings (SSSR count). The molecule has 0 saturated heterocycles. The summed E-state index contributed by atoms with van der Waals surface area (Å²) in [6.07, 6.45) is 4.22. The summed E-state index contributed by atoms with van der Waals surface area (Å²) in [6.45, 7) is 0.